The van der Waals surface area contributed by atoms with E-state index in [4.69, 9.17) is 10.5 Å². The summed E-state index contributed by atoms with van der Waals surface area (Å²) in [4.78, 5) is 12.2. The number of nitrogen functional groups attached to an aromatic ring is 1. The first-order valence-electron chi connectivity index (χ1n) is 12.1. The van der Waals surface area contributed by atoms with Crippen LogP contribution in [0.2, 0.25) is 0 Å². The van der Waals surface area contributed by atoms with E-state index in [0.717, 1.165) is 59.2 Å². The number of benzene rings is 2. The van der Waals surface area contributed by atoms with Crippen LogP contribution in [0.15, 0.2) is 60.9 Å². The Hall–Kier alpha value is -3.74. The van der Waals surface area contributed by atoms with Crippen LogP contribution in [0, 0.1) is 5.92 Å². The molecule has 34 heavy (non-hydrogen) atoms. The number of hydrogen-bond donors (Lipinski definition) is 2. The van der Waals surface area contributed by atoms with Gasteiger partial charge in [0, 0.05) is 35.1 Å². The van der Waals surface area contributed by atoms with Gasteiger partial charge in [0.2, 0.25) is 0 Å². The summed E-state index contributed by atoms with van der Waals surface area (Å²) in [5.74, 6) is 0.512. The van der Waals surface area contributed by atoms with Crippen molar-refractivity contribution in [1.82, 2.24) is 14.3 Å². The summed E-state index contributed by atoms with van der Waals surface area (Å²) in [7, 11) is 0. The molecular weight excluding hydrogens is 426 g/mol. The van der Waals surface area contributed by atoms with Crippen LogP contribution in [0.25, 0.3) is 27.8 Å². The van der Waals surface area contributed by atoms with E-state index in [1.165, 1.54) is 6.42 Å². The molecule has 4 aromatic rings. The van der Waals surface area contributed by atoms with Gasteiger partial charge in [0.1, 0.15) is 6.10 Å². The van der Waals surface area contributed by atoms with E-state index in [0.29, 0.717) is 17.6 Å². The molecule has 0 aliphatic heterocycles. The molecule has 2 aromatic heterocycles. The quantitative estimate of drug-likeness (QED) is 0.365. The maximum atomic E-state index is 12.2. The molecule has 174 valence electrons. The number of carbonyl (C=O) groups excluding carboxylic acids is 1. The predicted molar refractivity (Wildman–Crippen MR) is 134 cm³/mol. The maximum absolute atomic E-state index is 12.2. The van der Waals surface area contributed by atoms with Gasteiger partial charge in [-0.15, -0.1) is 0 Å². The molecule has 2 aliphatic rings. The standard InChI is InChI=1S/C27H29N5O2/c1-17(18-6-7-18)34-27(33)30-20-10-8-19(9-11-20)26-25(28)23-13-12-22(31-15-3-14-29-31)16-24(23)32(26)21-4-2-5-21/h3,8-18,21H,2,4-7,28H2,1H3,(H,30,33)/t17-/m1/s1. The average molecular weight is 456 g/mol. The van der Waals surface area contributed by atoms with Gasteiger partial charge in [-0.2, -0.15) is 5.10 Å². The zero-order valence-corrected chi connectivity index (χ0v) is 19.3. The van der Waals surface area contributed by atoms with Crippen LogP contribution >= 0.6 is 0 Å². The molecule has 0 radical (unpaired) electrons. The van der Waals surface area contributed by atoms with Crippen molar-refractivity contribution in [2.75, 3.05) is 11.1 Å². The largest absolute Gasteiger partial charge is 0.446 e. The molecule has 3 N–H and O–H groups in total. The van der Waals surface area contributed by atoms with Gasteiger partial charge in [-0.25, -0.2) is 9.48 Å². The zero-order valence-electron chi connectivity index (χ0n) is 19.3. The van der Waals surface area contributed by atoms with E-state index in [-0.39, 0.29) is 6.10 Å². The van der Waals surface area contributed by atoms with Gasteiger partial charge in [0.05, 0.1) is 22.6 Å². The van der Waals surface area contributed by atoms with Crippen molar-refractivity contribution in [3.05, 3.63) is 60.9 Å². The average Bonchev–Trinajstić information content (AvgIpc) is 3.44. The molecule has 1 atom stereocenters. The zero-order chi connectivity index (χ0) is 23.2. The lowest BCUT2D eigenvalue weighted by Crippen LogP contribution is -2.21. The highest BCUT2D eigenvalue weighted by molar-refractivity contribution is 6.02. The van der Waals surface area contributed by atoms with Crippen molar-refractivity contribution in [2.45, 2.75) is 51.2 Å². The number of aromatic nitrogens is 3. The van der Waals surface area contributed by atoms with Crippen molar-refractivity contribution in [1.29, 1.82) is 0 Å². The highest BCUT2D eigenvalue weighted by Crippen LogP contribution is 2.44. The van der Waals surface area contributed by atoms with E-state index in [1.807, 2.05) is 48.1 Å². The number of hydrogen-bond acceptors (Lipinski definition) is 4. The second-order valence-corrected chi connectivity index (χ2v) is 9.52. The van der Waals surface area contributed by atoms with Crippen LogP contribution in [-0.2, 0) is 4.74 Å². The Balaban J connectivity index is 1.33. The van der Waals surface area contributed by atoms with Crippen molar-refractivity contribution in [2.24, 2.45) is 5.92 Å². The molecule has 7 nitrogen and oxygen atoms in total. The first-order chi connectivity index (χ1) is 16.6. The number of nitrogens with two attached hydrogens (primary N) is 1. The summed E-state index contributed by atoms with van der Waals surface area (Å²) >= 11 is 0. The first-order valence-corrected chi connectivity index (χ1v) is 12.1. The molecule has 0 unspecified atom stereocenters. The molecule has 7 heteroatoms. The summed E-state index contributed by atoms with van der Waals surface area (Å²) in [6.07, 6.45) is 9.10. The molecule has 6 rings (SSSR count). The number of nitrogens with one attached hydrogen (secondary N) is 1. The van der Waals surface area contributed by atoms with Gasteiger partial charge < -0.3 is 15.0 Å². The summed E-state index contributed by atoms with van der Waals surface area (Å²) in [6.45, 7) is 1.96. The Bertz CT molecular complexity index is 1330. The molecule has 2 aromatic carbocycles. The van der Waals surface area contributed by atoms with E-state index in [9.17, 15) is 4.79 Å². The fraction of sp³-hybridized carbons (Fsp3) is 0.333. The third kappa shape index (κ3) is 3.71. The Morgan fingerprint density at radius 1 is 1.15 bits per heavy atom. The fourth-order valence-corrected chi connectivity index (χ4v) is 4.90. The fourth-order valence-electron chi connectivity index (χ4n) is 4.90. The lowest BCUT2D eigenvalue weighted by Gasteiger charge is -2.30. The van der Waals surface area contributed by atoms with Crippen LogP contribution in [0.3, 0.4) is 0 Å². The van der Waals surface area contributed by atoms with Crippen LogP contribution in [0.5, 0.6) is 0 Å². The van der Waals surface area contributed by atoms with Crippen LogP contribution in [0.1, 0.15) is 45.1 Å². The van der Waals surface area contributed by atoms with Crippen LogP contribution in [0.4, 0.5) is 16.2 Å². The van der Waals surface area contributed by atoms with E-state index in [1.54, 1.807) is 6.20 Å². The van der Waals surface area contributed by atoms with Gasteiger partial charge >= 0.3 is 6.09 Å². The summed E-state index contributed by atoms with van der Waals surface area (Å²) in [6, 6.07) is 16.5. The SMILES string of the molecule is C[C@@H](OC(=O)Nc1ccc(-c2c(N)c3ccc(-n4cccn4)cc3n2C2CCC2)cc1)C1CC1. The van der Waals surface area contributed by atoms with E-state index >= 15 is 0 Å². The van der Waals surface area contributed by atoms with Gasteiger partial charge in [0.15, 0.2) is 0 Å². The van der Waals surface area contributed by atoms with E-state index in [2.05, 4.69) is 33.2 Å². The number of fused-ring (bicyclic) bond motifs is 1. The number of amides is 1. The Morgan fingerprint density at radius 2 is 1.94 bits per heavy atom. The highest BCUT2D eigenvalue weighted by atomic mass is 16.6. The topological polar surface area (TPSA) is 87.1 Å². The molecule has 0 bridgehead atoms. The Morgan fingerprint density at radius 3 is 2.59 bits per heavy atom. The van der Waals surface area contributed by atoms with Crippen molar-refractivity contribution < 1.29 is 9.53 Å². The number of ether oxygens (including phenoxy) is 1. The molecule has 2 fully saturated rings. The minimum Gasteiger partial charge on any atom is -0.446 e. The molecule has 2 aliphatic carbocycles. The number of anilines is 2. The number of nitrogens with zero attached hydrogens (tertiary/aromatic N) is 3. The molecule has 1 amide bonds. The van der Waals surface area contributed by atoms with Crippen LogP contribution < -0.4 is 11.1 Å². The first kappa shape index (κ1) is 20.8. The molecular formula is C27H29N5O2. The third-order valence-corrected chi connectivity index (χ3v) is 7.22. The minimum atomic E-state index is -0.401. The van der Waals surface area contributed by atoms with Crippen LogP contribution in [-0.4, -0.2) is 26.5 Å². The minimum absolute atomic E-state index is 0.0381. The van der Waals surface area contributed by atoms with Crippen molar-refractivity contribution in [3.8, 4) is 16.9 Å². The predicted octanol–water partition coefficient (Wildman–Crippen LogP) is 6.15. The summed E-state index contributed by atoms with van der Waals surface area (Å²) in [5.41, 5.74) is 12.4. The van der Waals surface area contributed by atoms with Crippen molar-refractivity contribution in [3.63, 3.8) is 0 Å². The highest BCUT2D eigenvalue weighted by Gasteiger charge is 2.31. The van der Waals surface area contributed by atoms with Gasteiger partial charge in [-0.05, 0) is 81.3 Å². The number of rotatable bonds is 6. The second-order valence-electron chi connectivity index (χ2n) is 9.52. The molecule has 2 heterocycles. The molecule has 2 saturated carbocycles. The molecule has 0 saturated heterocycles. The smallest absolute Gasteiger partial charge is 0.411 e. The third-order valence-electron chi connectivity index (χ3n) is 7.22. The normalized spacial score (nSPS) is 16.9. The second kappa shape index (κ2) is 8.24. The summed E-state index contributed by atoms with van der Waals surface area (Å²) < 4.78 is 9.76. The number of carbonyl (C=O) groups is 1. The summed E-state index contributed by atoms with van der Waals surface area (Å²) in [5, 5.41) is 8.29. The Kier molecular flexibility index (Phi) is 5.05. The van der Waals surface area contributed by atoms with E-state index < -0.39 is 6.09 Å². The van der Waals surface area contributed by atoms with Gasteiger partial charge in [-0.1, -0.05) is 12.1 Å². The van der Waals surface area contributed by atoms with Gasteiger partial charge in [-0.3, -0.25) is 5.32 Å². The maximum Gasteiger partial charge on any atom is 0.411 e. The lowest BCUT2D eigenvalue weighted by molar-refractivity contribution is 0.108. The monoisotopic (exact) mass is 455 g/mol. The Labute approximate surface area is 198 Å². The van der Waals surface area contributed by atoms with Gasteiger partial charge in [0.25, 0.3) is 0 Å². The van der Waals surface area contributed by atoms with Crippen molar-refractivity contribution >= 4 is 28.4 Å². The lowest BCUT2D eigenvalue weighted by atomic mass is 9.92. The molecule has 0 spiro atoms.